The quantitative estimate of drug-likeness (QED) is 0.834. The van der Waals surface area contributed by atoms with Crippen molar-refractivity contribution in [2.45, 2.75) is 37.9 Å². The molecule has 2 rings (SSSR count). The number of alkyl halides is 3. The Hall–Kier alpha value is -1.90. The minimum atomic E-state index is -4.39. The fraction of sp³-hybridized carbons (Fsp3) is 0.556. The topological polar surface area (TPSA) is 52.7 Å². The number of benzene rings is 1. The van der Waals surface area contributed by atoms with E-state index in [4.69, 9.17) is 0 Å². The molecule has 3 amide bonds. The molecule has 5 nitrogen and oxygen atoms in total. The van der Waals surface area contributed by atoms with Gasteiger partial charge in [-0.05, 0) is 38.5 Å². The minimum Gasteiger partial charge on any atom is -0.333 e. The van der Waals surface area contributed by atoms with Crippen LogP contribution in [0.15, 0.2) is 24.3 Å². The van der Waals surface area contributed by atoms with Gasteiger partial charge in [-0.3, -0.25) is 4.79 Å². The Balaban J connectivity index is 2.03. The SMILES string of the molecule is CN(CCN1C(=O)CS[C@@H]1c1ccc(C(F)(F)F)cc1)C(=O)NC(C)(C)C. The van der Waals surface area contributed by atoms with Crippen LogP contribution >= 0.6 is 11.8 Å². The Bertz CT molecular complexity index is 687. The van der Waals surface area contributed by atoms with Gasteiger partial charge in [-0.1, -0.05) is 12.1 Å². The van der Waals surface area contributed by atoms with Gasteiger partial charge in [-0.15, -0.1) is 11.8 Å². The van der Waals surface area contributed by atoms with E-state index >= 15 is 0 Å². The van der Waals surface area contributed by atoms with Crippen LogP contribution in [0.25, 0.3) is 0 Å². The molecule has 0 bridgehead atoms. The van der Waals surface area contributed by atoms with Gasteiger partial charge in [0.2, 0.25) is 5.91 Å². The van der Waals surface area contributed by atoms with Crippen LogP contribution in [0.4, 0.5) is 18.0 Å². The number of likely N-dealkylation sites (N-methyl/N-ethyl adjacent to an activating group) is 1. The van der Waals surface area contributed by atoms with Gasteiger partial charge in [0.15, 0.2) is 0 Å². The van der Waals surface area contributed by atoms with Gasteiger partial charge in [-0.2, -0.15) is 13.2 Å². The Morgan fingerprint density at radius 2 is 1.85 bits per heavy atom. The van der Waals surface area contributed by atoms with Crippen molar-refractivity contribution >= 4 is 23.7 Å². The number of halogens is 3. The van der Waals surface area contributed by atoms with E-state index in [0.717, 1.165) is 12.1 Å². The van der Waals surface area contributed by atoms with Crippen LogP contribution in [-0.2, 0) is 11.0 Å². The van der Waals surface area contributed by atoms with Crippen molar-refractivity contribution in [3.63, 3.8) is 0 Å². The molecule has 1 fully saturated rings. The molecule has 1 saturated heterocycles. The minimum absolute atomic E-state index is 0.0884. The summed E-state index contributed by atoms with van der Waals surface area (Å²) in [6, 6.07) is 4.62. The molecule has 0 saturated carbocycles. The normalized spacial score (nSPS) is 18.0. The second-order valence-corrected chi connectivity index (χ2v) is 8.54. The Morgan fingerprint density at radius 1 is 1.26 bits per heavy atom. The zero-order chi connectivity index (χ0) is 20.4. The van der Waals surface area contributed by atoms with Crippen LogP contribution in [0.1, 0.15) is 37.3 Å². The van der Waals surface area contributed by atoms with E-state index in [1.165, 1.54) is 28.8 Å². The summed E-state index contributed by atoms with van der Waals surface area (Å²) in [5.41, 5.74) is -0.445. The third kappa shape index (κ3) is 5.79. The highest BCUT2D eigenvalue weighted by atomic mass is 32.2. The summed E-state index contributed by atoms with van der Waals surface area (Å²) in [6.45, 7) is 6.26. The zero-order valence-corrected chi connectivity index (χ0v) is 16.6. The number of urea groups is 1. The third-order valence-electron chi connectivity index (χ3n) is 4.00. The van der Waals surface area contributed by atoms with Crippen molar-refractivity contribution in [3.8, 4) is 0 Å². The van der Waals surface area contributed by atoms with Crippen molar-refractivity contribution in [3.05, 3.63) is 35.4 Å². The molecule has 27 heavy (non-hydrogen) atoms. The lowest BCUT2D eigenvalue weighted by Crippen LogP contribution is -2.49. The average molecular weight is 403 g/mol. The van der Waals surface area contributed by atoms with E-state index in [2.05, 4.69) is 5.32 Å². The number of hydrogen-bond donors (Lipinski definition) is 1. The second-order valence-electron chi connectivity index (χ2n) is 7.47. The summed E-state index contributed by atoms with van der Waals surface area (Å²) >= 11 is 1.37. The number of rotatable bonds is 4. The molecule has 1 N–H and O–H groups in total. The van der Waals surface area contributed by atoms with E-state index in [1.54, 1.807) is 11.9 Å². The van der Waals surface area contributed by atoms with Crippen LogP contribution in [-0.4, -0.2) is 53.2 Å². The molecular formula is C18H24F3N3O2S. The van der Waals surface area contributed by atoms with Gasteiger partial charge < -0.3 is 15.1 Å². The highest BCUT2D eigenvalue weighted by Crippen LogP contribution is 2.39. The second kappa shape index (κ2) is 8.00. The van der Waals surface area contributed by atoms with Gasteiger partial charge in [0, 0.05) is 25.7 Å². The maximum absolute atomic E-state index is 12.7. The first kappa shape index (κ1) is 21.4. The van der Waals surface area contributed by atoms with E-state index in [-0.39, 0.29) is 28.6 Å². The fourth-order valence-electron chi connectivity index (χ4n) is 2.58. The fourth-order valence-corrected chi connectivity index (χ4v) is 3.80. The number of nitrogens with zero attached hydrogens (tertiary/aromatic N) is 2. The van der Waals surface area contributed by atoms with Crippen molar-refractivity contribution in [2.75, 3.05) is 25.9 Å². The van der Waals surface area contributed by atoms with Crippen LogP contribution in [0.5, 0.6) is 0 Å². The molecule has 1 aromatic rings. The van der Waals surface area contributed by atoms with E-state index in [0.29, 0.717) is 18.7 Å². The maximum atomic E-state index is 12.7. The largest absolute Gasteiger partial charge is 0.416 e. The molecule has 0 aromatic heterocycles. The molecule has 1 aliphatic rings. The molecule has 0 spiro atoms. The van der Waals surface area contributed by atoms with Crippen molar-refractivity contribution in [2.24, 2.45) is 0 Å². The zero-order valence-electron chi connectivity index (χ0n) is 15.8. The lowest BCUT2D eigenvalue weighted by molar-refractivity contribution is -0.137. The van der Waals surface area contributed by atoms with Crippen LogP contribution in [0, 0.1) is 0 Å². The molecule has 1 aliphatic heterocycles. The lowest BCUT2D eigenvalue weighted by atomic mass is 10.1. The van der Waals surface area contributed by atoms with Gasteiger partial charge >= 0.3 is 12.2 Å². The summed E-state index contributed by atoms with van der Waals surface area (Å²) in [5, 5.41) is 2.49. The third-order valence-corrected chi connectivity index (χ3v) is 5.25. The Kier molecular flexibility index (Phi) is 6.34. The molecule has 1 aromatic carbocycles. The van der Waals surface area contributed by atoms with Gasteiger partial charge in [0.05, 0.1) is 11.3 Å². The van der Waals surface area contributed by atoms with E-state index in [1.807, 2.05) is 20.8 Å². The summed E-state index contributed by atoms with van der Waals surface area (Å²) < 4.78 is 38.2. The molecular weight excluding hydrogens is 379 g/mol. The van der Waals surface area contributed by atoms with Crippen molar-refractivity contribution in [1.29, 1.82) is 0 Å². The number of hydrogen-bond acceptors (Lipinski definition) is 3. The number of carbonyl (C=O) groups excluding carboxylic acids is 2. The molecule has 150 valence electrons. The molecule has 0 aliphatic carbocycles. The van der Waals surface area contributed by atoms with Crippen molar-refractivity contribution in [1.82, 2.24) is 15.1 Å². The van der Waals surface area contributed by atoms with Gasteiger partial charge in [0.1, 0.15) is 5.37 Å². The van der Waals surface area contributed by atoms with E-state index < -0.39 is 11.7 Å². The van der Waals surface area contributed by atoms with Crippen LogP contribution in [0.2, 0.25) is 0 Å². The lowest BCUT2D eigenvalue weighted by Gasteiger charge is -2.29. The molecule has 1 atom stereocenters. The first-order valence-electron chi connectivity index (χ1n) is 8.50. The summed E-state index contributed by atoms with van der Waals surface area (Å²) in [6.07, 6.45) is -4.39. The van der Waals surface area contributed by atoms with Crippen LogP contribution < -0.4 is 5.32 Å². The number of carbonyl (C=O) groups is 2. The number of nitrogens with one attached hydrogen (secondary N) is 1. The summed E-state index contributed by atoms with van der Waals surface area (Å²) in [7, 11) is 1.64. The van der Waals surface area contributed by atoms with Gasteiger partial charge in [0.25, 0.3) is 0 Å². The van der Waals surface area contributed by atoms with E-state index in [9.17, 15) is 22.8 Å². The molecule has 0 radical (unpaired) electrons. The number of thioether (sulfide) groups is 1. The Morgan fingerprint density at radius 3 is 2.37 bits per heavy atom. The average Bonchev–Trinajstić information content (AvgIpc) is 2.91. The standard InChI is InChI=1S/C18H24F3N3O2S/c1-17(2,3)22-16(26)23(4)9-10-24-14(25)11-27-15(24)12-5-7-13(8-6-12)18(19,20)21/h5-8,15H,9-11H2,1-4H3,(H,22,26)/t15-/m1/s1. The smallest absolute Gasteiger partial charge is 0.333 e. The number of amides is 3. The molecule has 1 heterocycles. The highest BCUT2D eigenvalue weighted by molar-refractivity contribution is 8.00. The van der Waals surface area contributed by atoms with Gasteiger partial charge in [-0.25, -0.2) is 4.79 Å². The molecule has 9 heteroatoms. The first-order chi connectivity index (χ1) is 12.4. The van der Waals surface area contributed by atoms with Crippen molar-refractivity contribution < 1.29 is 22.8 Å². The molecule has 0 unspecified atom stereocenters. The summed E-state index contributed by atoms with van der Waals surface area (Å²) in [4.78, 5) is 27.4. The predicted octanol–water partition coefficient (Wildman–Crippen LogP) is 3.72. The first-order valence-corrected chi connectivity index (χ1v) is 9.55. The Labute approximate surface area is 161 Å². The predicted molar refractivity (Wildman–Crippen MR) is 99.3 cm³/mol. The maximum Gasteiger partial charge on any atom is 0.416 e. The monoisotopic (exact) mass is 403 g/mol. The van der Waals surface area contributed by atoms with Crippen LogP contribution in [0.3, 0.4) is 0 Å². The highest BCUT2D eigenvalue weighted by Gasteiger charge is 2.34. The summed E-state index contributed by atoms with van der Waals surface area (Å²) in [5.74, 6) is 0.179.